The Morgan fingerprint density at radius 2 is 2.13 bits per heavy atom. The van der Waals surface area contributed by atoms with E-state index in [1.807, 2.05) is 0 Å². The van der Waals surface area contributed by atoms with Gasteiger partial charge in [0.25, 0.3) is 5.91 Å². The van der Waals surface area contributed by atoms with Gasteiger partial charge in [0.15, 0.2) is 5.17 Å². The van der Waals surface area contributed by atoms with E-state index in [-0.39, 0.29) is 16.8 Å². The minimum absolute atomic E-state index is 0.144. The topological polar surface area (TPSA) is 105 Å². The quantitative estimate of drug-likeness (QED) is 0.574. The second kappa shape index (κ2) is 7.78. The number of carbonyl (C=O) groups excluding carboxylic acids is 2. The predicted molar refractivity (Wildman–Crippen MR) is 89.6 cm³/mol. The molecule has 2 heterocycles. The second-order valence-electron chi connectivity index (χ2n) is 4.79. The molecule has 1 amide bonds. The number of nitrogens with zero attached hydrogens (tertiary/aromatic N) is 2. The van der Waals surface area contributed by atoms with Gasteiger partial charge in [-0.3, -0.25) is 9.59 Å². The largest absolute Gasteiger partial charge is 0.477 e. The van der Waals surface area contributed by atoms with Crippen molar-refractivity contribution in [2.75, 3.05) is 12.4 Å². The van der Waals surface area contributed by atoms with E-state index in [9.17, 15) is 14.4 Å². The number of carbonyl (C=O) groups is 3. The van der Waals surface area contributed by atoms with Gasteiger partial charge in [0, 0.05) is 12.2 Å². The van der Waals surface area contributed by atoms with Crippen LogP contribution in [-0.4, -0.2) is 45.5 Å². The standard InChI is InChI=1S/C14H16N2O5S2/c1-3-21-8(17)5-4-6-22-14-15-11(18)9-7(2)10(13(19)20)23-12(9)16-14/h9H,3-6H2,1-2H3,(H,19,20). The monoisotopic (exact) mass is 356 g/mol. The van der Waals surface area contributed by atoms with E-state index < -0.39 is 11.9 Å². The fourth-order valence-electron chi connectivity index (χ4n) is 2.11. The van der Waals surface area contributed by atoms with Gasteiger partial charge in [-0.05, 0) is 25.8 Å². The van der Waals surface area contributed by atoms with E-state index in [1.54, 1.807) is 13.8 Å². The highest BCUT2D eigenvalue weighted by Crippen LogP contribution is 2.41. The lowest BCUT2D eigenvalue weighted by molar-refractivity contribution is -0.143. The predicted octanol–water partition coefficient (Wildman–Crippen LogP) is 2.08. The fourth-order valence-corrected chi connectivity index (χ4v) is 4.06. The SMILES string of the molecule is CCOC(=O)CCCSC1=NC(=O)C2C(=N1)SC(C(=O)O)=C2C. The molecule has 0 saturated heterocycles. The van der Waals surface area contributed by atoms with Crippen molar-refractivity contribution in [3.8, 4) is 0 Å². The molecule has 9 heteroatoms. The van der Waals surface area contributed by atoms with Crippen LogP contribution in [0, 0.1) is 5.92 Å². The summed E-state index contributed by atoms with van der Waals surface area (Å²) >= 11 is 2.29. The Morgan fingerprint density at radius 1 is 1.39 bits per heavy atom. The molecule has 1 atom stereocenters. The number of rotatable bonds is 6. The van der Waals surface area contributed by atoms with Crippen LogP contribution in [0.5, 0.6) is 0 Å². The molecule has 0 spiro atoms. The van der Waals surface area contributed by atoms with Gasteiger partial charge in [-0.1, -0.05) is 23.5 Å². The summed E-state index contributed by atoms with van der Waals surface area (Å²) in [5.74, 6) is -1.77. The van der Waals surface area contributed by atoms with Gasteiger partial charge >= 0.3 is 11.9 Å². The average Bonchev–Trinajstić information content (AvgIpc) is 2.81. The molecule has 0 aromatic carbocycles. The smallest absolute Gasteiger partial charge is 0.342 e. The average molecular weight is 356 g/mol. The van der Waals surface area contributed by atoms with Gasteiger partial charge < -0.3 is 9.84 Å². The van der Waals surface area contributed by atoms with E-state index in [4.69, 9.17) is 9.84 Å². The van der Waals surface area contributed by atoms with E-state index in [1.165, 1.54) is 11.8 Å². The van der Waals surface area contributed by atoms with Crippen LogP contribution in [0.15, 0.2) is 20.5 Å². The maximum absolute atomic E-state index is 12.1. The summed E-state index contributed by atoms with van der Waals surface area (Å²) < 4.78 is 4.83. The second-order valence-corrected chi connectivity index (χ2v) is 6.88. The van der Waals surface area contributed by atoms with Crippen LogP contribution < -0.4 is 0 Å². The number of carboxylic acid groups (broad SMARTS) is 1. The third-order valence-corrected chi connectivity index (χ3v) is 5.33. The van der Waals surface area contributed by atoms with Crippen molar-refractivity contribution < 1.29 is 24.2 Å². The molecule has 1 unspecified atom stereocenters. The highest BCUT2D eigenvalue weighted by Gasteiger charge is 2.40. The van der Waals surface area contributed by atoms with Gasteiger partial charge in [-0.15, -0.1) is 0 Å². The van der Waals surface area contributed by atoms with Gasteiger partial charge in [-0.25, -0.2) is 9.79 Å². The van der Waals surface area contributed by atoms with Crippen LogP contribution in [0.1, 0.15) is 26.7 Å². The molecule has 23 heavy (non-hydrogen) atoms. The maximum atomic E-state index is 12.1. The first-order chi connectivity index (χ1) is 10.9. The molecule has 1 N–H and O–H groups in total. The summed E-state index contributed by atoms with van der Waals surface area (Å²) in [6.45, 7) is 3.73. The first kappa shape index (κ1) is 17.7. The molecular weight excluding hydrogens is 340 g/mol. The minimum atomic E-state index is -1.05. The first-order valence-corrected chi connectivity index (χ1v) is 8.85. The highest BCUT2D eigenvalue weighted by molar-refractivity contribution is 8.19. The summed E-state index contributed by atoms with van der Waals surface area (Å²) in [5.41, 5.74) is 0.487. The zero-order valence-corrected chi connectivity index (χ0v) is 14.3. The number of aliphatic imine (C=N–C) groups is 2. The zero-order valence-electron chi connectivity index (χ0n) is 12.7. The van der Waals surface area contributed by atoms with Crippen LogP contribution in [0.4, 0.5) is 0 Å². The molecule has 2 aliphatic rings. The number of carboxylic acids is 1. The molecule has 0 aromatic rings. The van der Waals surface area contributed by atoms with Crippen LogP contribution in [0.25, 0.3) is 0 Å². The van der Waals surface area contributed by atoms with Crippen molar-refractivity contribution in [3.05, 3.63) is 10.5 Å². The molecule has 124 valence electrons. The summed E-state index contributed by atoms with van der Waals surface area (Å²) in [5, 5.41) is 9.90. The lowest BCUT2D eigenvalue weighted by Crippen LogP contribution is -2.24. The maximum Gasteiger partial charge on any atom is 0.342 e. The van der Waals surface area contributed by atoms with Crippen LogP contribution in [0.2, 0.25) is 0 Å². The summed E-state index contributed by atoms with van der Waals surface area (Å²) in [6, 6.07) is 0. The molecule has 0 bridgehead atoms. The van der Waals surface area contributed by atoms with Gasteiger partial charge in [0.2, 0.25) is 0 Å². The summed E-state index contributed by atoms with van der Waals surface area (Å²) in [4.78, 5) is 42.8. The molecule has 0 aliphatic carbocycles. The van der Waals surface area contributed by atoms with Crippen molar-refractivity contribution in [3.63, 3.8) is 0 Å². The number of esters is 1. The van der Waals surface area contributed by atoms with Crippen LogP contribution in [-0.2, 0) is 19.1 Å². The molecule has 2 rings (SSSR count). The van der Waals surface area contributed by atoms with Crippen molar-refractivity contribution >= 4 is 51.6 Å². The highest BCUT2D eigenvalue weighted by atomic mass is 32.2. The van der Waals surface area contributed by atoms with Gasteiger partial charge in [0.05, 0.1) is 16.6 Å². The van der Waals surface area contributed by atoms with E-state index in [0.717, 1.165) is 11.8 Å². The van der Waals surface area contributed by atoms with Gasteiger partial charge in [-0.2, -0.15) is 4.99 Å². The Balaban J connectivity index is 1.92. The Labute approximate surface area is 141 Å². The van der Waals surface area contributed by atoms with Crippen LogP contribution in [0.3, 0.4) is 0 Å². The molecule has 0 saturated carbocycles. The zero-order chi connectivity index (χ0) is 17.0. The number of thioether (sulfide) groups is 2. The lowest BCUT2D eigenvalue weighted by atomic mass is 10.0. The molecule has 7 nitrogen and oxygen atoms in total. The number of ether oxygens (including phenoxy) is 1. The van der Waals surface area contributed by atoms with E-state index in [0.29, 0.717) is 41.0 Å². The Bertz CT molecular complexity index is 639. The number of fused-ring (bicyclic) bond motifs is 1. The minimum Gasteiger partial charge on any atom is -0.477 e. The molecule has 2 aliphatic heterocycles. The molecule has 0 fully saturated rings. The Kier molecular flexibility index (Phi) is 6.00. The van der Waals surface area contributed by atoms with Crippen molar-refractivity contribution in [1.29, 1.82) is 0 Å². The fraction of sp³-hybridized carbons (Fsp3) is 0.500. The third-order valence-electron chi connectivity index (χ3n) is 3.16. The normalized spacial score (nSPS) is 20.1. The number of hydrogen-bond donors (Lipinski definition) is 1. The first-order valence-electron chi connectivity index (χ1n) is 7.05. The number of amides is 1. The number of aliphatic carboxylic acids is 1. The van der Waals surface area contributed by atoms with Crippen molar-refractivity contribution in [1.82, 2.24) is 0 Å². The number of hydrogen-bond acceptors (Lipinski definition) is 7. The summed E-state index contributed by atoms with van der Waals surface area (Å²) in [7, 11) is 0. The van der Waals surface area contributed by atoms with E-state index in [2.05, 4.69) is 9.98 Å². The lowest BCUT2D eigenvalue weighted by Gasteiger charge is -2.14. The molecule has 0 radical (unpaired) electrons. The Hall–Kier alpha value is -1.61. The van der Waals surface area contributed by atoms with E-state index >= 15 is 0 Å². The van der Waals surface area contributed by atoms with Crippen molar-refractivity contribution in [2.24, 2.45) is 15.9 Å². The third kappa shape index (κ3) is 4.23. The molecule has 0 aromatic heterocycles. The summed E-state index contributed by atoms with van der Waals surface area (Å²) in [6.07, 6.45) is 0.898. The van der Waals surface area contributed by atoms with Crippen LogP contribution >= 0.6 is 23.5 Å². The van der Waals surface area contributed by atoms with Gasteiger partial charge in [0.1, 0.15) is 5.92 Å². The Morgan fingerprint density at radius 3 is 2.78 bits per heavy atom. The molecular formula is C14H16N2O5S2. The number of amidine groups is 1. The van der Waals surface area contributed by atoms with Crippen molar-refractivity contribution in [2.45, 2.75) is 26.7 Å².